The molecule has 6 nitrogen and oxygen atoms in total. The number of rotatable bonds is 3. The maximum atomic E-state index is 11.7. The molecule has 0 atom stereocenters. The van der Waals surface area contributed by atoms with Crippen molar-refractivity contribution in [2.75, 3.05) is 5.32 Å². The van der Waals surface area contributed by atoms with E-state index < -0.39 is 6.09 Å². The third-order valence-electron chi connectivity index (χ3n) is 3.39. The van der Waals surface area contributed by atoms with Gasteiger partial charge in [-0.25, -0.2) is 4.79 Å². The molecule has 0 bridgehead atoms. The van der Waals surface area contributed by atoms with Crippen LogP contribution in [0.25, 0.3) is 0 Å². The Bertz CT molecular complexity index is 758. The van der Waals surface area contributed by atoms with Gasteiger partial charge in [0.2, 0.25) is 0 Å². The van der Waals surface area contributed by atoms with Gasteiger partial charge < -0.3 is 0 Å². The van der Waals surface area contributed by atoms with Crippen molar-refractivity contribution < 1.29 is 9.63 Å². The molecule has 2 aromatic rings. The Balaban J connectivity index is 2.03. The molecule has 1 heterocycles. The van der Waals surface area contributed by atoms with E-state index in [1.165, 1.54) is 6.21 Å². The predicted octanol–water partition coefficient (Wildman–Crippen LogP) is 4.49. The molecule has 0 saturated heterocycles. The topological polar surface area (TPSA) is 68.5 Å². The van der Waals surface area contributed by atoms with Crippen LogP contribution in [0.5, 0.6) is 0 Å². The van der Waals surface area contributed by atoms with Crippen LogP contribution in [0.3, 0.4) is 0 Å². The first-order chi connectivity index (χ1) is 11.2. The van der Waals surface area contributed by atoms with E-state index in [-0.39, 0.29) is 5.54 Å². The van der Waals surface area contributed by atoms with Crippen LogP contribution in [0, 0.1) is 13.8 Å². The molecule has 0 radical (unpaired) electrons. The summed E-state index contributed by atoms with van der Waals surface area (Å²) in [6.07, 6.45) is 0.827. The summed E-state index contributed by atoms with van der Waals surface area (Å²) in [7, 11) is 0. The number of halogens is 1. The van der Waals surface area contributed by atoms with Crippen molar-refractivity contribution in [1.29, 1.82) is 0 Å². The first kappa shape index (κ1) is 18.0. The molecular weight excluding hydrogens is 328 g/mol. The lowest BCUT2D eigenvalue weighted by Crippen LogP contribution is -2.24. The van der Waals surface area contributed by atoms with E-state index in [4.69, 9.17) is 16.4 Å². The van der Waals surface area contributed by atoms with Gasteiger partial charge in [-0.15, -0.1) is 0 Å². The largest absolute Gasteiger partial charge is 0.437 e. The van der Waals surface area contributed by atoms with Crippen LogP contribution >= 0.6 is 11.6 Å². The summed E-state index contributed by atoms with van der Waals surface area (Å²) < 4.78 is 1.93. The smallest absolute Gasteiger partial charge is 0.298 e. The Hall–Kier alpha value is -2.34. The minimum absolute atomic E-state index is 0.131. The van der Waals surface area contributed by atoms with E-state index in [1.54, 1.807) is 24.3 Å². The molecule has 24 heavy (non-hydrogen) atoms. The zero-order valence-corrected chi connectivity index (χ0v) is 15.2. The molecule has 1 N–H and O–H groups in total. The molecule has 1 aromatic heterocycles. The number of benzene rings is 1. The van der Waals surface area contributed by atoms with Crippen molar-refractivity contribution >= 4 is 29.6 Å². The van der Waals surface area contributed by atoms with Crippen molar-refractivity contribution in [2.24, 2.45) is 5.16 Å². The molecule has 128 valence electrons. The van der Waals surface area contributed by atoms with Crippen LogP contribution in [-0.4, -0.2) is 22.1 Å². The standard InChI is InChI=1S/C17H21ClN4O2/c1-11-15(12(2)22(21-11)17(3,4)5)10-19-24-16(23)20-14-8-6-13(18)7-9-14/h6-10H,1-5H3,(H,20,23)/b19-10-. The number of aryl methyl sites for hydroxylation is 1. The highest BCUT2D eigenvalue weighted by molar-refractivity contribution is 6.30. The summed E-state index contributed by atoms with van der Waals surface area (Å²) in [5.74, 6) is 0. The van der Waals surface area contributed by atoms with E-state index in [0.717, 1.165) is 17.0 Å². The Morgan fingerprint density at radius 3 is 2.46 bits per heavy atom. The van der Waals surface area contributed by atoms with Crippen molar-refractivity contribution in [3.8, 4) is 0 Å². The summed E-state index contributed by atoms with van der Waals surface area (Å²) in [5.41, 5.74) is 3.07. The zero-order valence-electron chi connectivity index (χ0n) is 14.4. The number of amides is 1. The van der Waals surface area contributed by atoms with Gasteiger partial charge in [-0.3, -0.25) is 14.8 Å². The summed E-state index contributed by atoms with van der Waals surface area (Å²) in [5, 5.41) is 11.4. The van der Waals surface area contributed by atoms with E-state index in [2.05, 4.69) is 36.3 Å². The molecule has 0 fully saturated rings. The van der Waals surface area contributed by atoms with Crippen LogP contribution in [0.15, 0.2) is 29.4 Å². The fourth-order valence-corrected chi connectivity index (χ4v) is 2.42. The summed E-state index contributed by atoms with van der Waals surface area (Å²) in [4.78, 5) is 16.6. The monoisotopic (exact) mass is 348 g/mol. The van der Waals surface area contributed by atoms with Crippen LogP contribution in [0.4, 0.5) is 10.5 Å². The van der Waals surface area contributed by atoms with Gasteiger partial charge in [-0.1, -0.05) is 16.8 Å². The van der Waals surface area contributed by atoms with E-state index in [1.807, 2.05) is 18.5 Å². The fourth-order valence-electron chi connectivity index (χ4n) is 2.30. The van der Waals surface area contributed by atoms with Gasteiger partial charge in [0.25, 0.3) is 0 Å². The molecule has 0 spiro atoms. The zero-order chi connectivity index (χ0) is 17.9. The van der Waals surface area contributed by atoms with Crippen LogP contribution < -0.4 is 5.32 Å². The summed E-state index contributed by atoms with van der Waals surface area (Å²) >= 11 is 5.79. The maximum Gasteiger partial charge on any atom is 0.437 e. The second-order valence-electron chi connectivity index (χ2n) is 6.41. The van der Waals surface area contributed by atoms with Gasteiger partial charge in [0, 0.05) is 22.0 Å². The molecule has 0 saturated carbocycles. The fraction of sp³-hybridized carbons (Fsp3) is 0.353. The number of carbonyl (C=O) groups excluding carboxylic acids is 1. The molecule has 7 heteroatoms. The lowest BCUT2D eigenvalue weighted by atomic mass is 10.1. The molecule has 0 unspecified atom stereocenters. The highest BCUT2D eigenvalue weighted by Gasteiger charge is 2.20. The number of nitrogens with zero attached hydrogens (tertiary/aromatic N) is 3. The Labute approximate surface area is 146 Å². The Morgan fingerprint density at radius 1 is 1.29 bits per heavy atom. The van der Waals surface area contributed by atoms with Gasteiger partial charge in [0.15, 0.2) is 0 Å². The van der Waals surface area contributed by atoms with E-state index in [9.17, 15) is 4.79 Å². The Kier molecular flexibility index (Phi) is 5.29. The van der Waals surface area contributed by atoms with Gasteiger partial charge in [-0.2, -0.15) is 5.10 Å². The minimum Gasteiger partial charge on any atom is -0.298 e. The number of oxime groups is 1. The van der Waals surface area contributed by atoms with E-state index >= 15 is 0 Å². The number of carbonyl (C=O) groups is 1. The third-order valence-corrected chi connectivity index (χ3v) is 3.64. The number of hydrogen-bond acceptors (Lipinski definition) is 4. The second kappa shape index (κ2) is 7.05. The van der Waals surface area contributed by atoms with Gasteiger partial charge in [0.05, 0.1) is 17.4 Å². The Morgan fingerprint density at radius 2 is 1.92 bits per heavy atom. The molecule has 0 aliphatic heterocycles. The second-order valence-corrected chi connectivity index (χ2v) is 6.85. The lowest BCUT2D eigenvalue weighted by Gasteiger charge is -2.21. The highest BCUT2D eigenvalue weighted by atomic mass is 35.5. The average Bonchev–Trinajstić information content (AvgIpc) is 2.77. The third kappa shape index (κ3) is 4.35. The van der Waals surface area contributed by atoms with Crippen LogP contribution in [0.2, 0.25) is 5.02 Å². The molecule has 2 rings (SSSR count). The van der Waals surface area contributed by atoms with Crippen molar-refractivity contribution in [3.63, 3.8) is 0 Å². The SMILES string of the molecule is Cc1nn(C(C)(C)C)c(C)c1/C=N\OC(=O)Nc1ccc(Cl)cc1. The molecule has 1 aromatic carbocycles. The maximum absolute atomic E-state index is 11.7. The average molecular weight is 349 g/mol. The number of hydrogen-bond donors (Lipinski definition) is 1. The first-order valence-corrected chi connectivity index (χ1v) is 7.90. The summed E-state index contributed by atoms with van der Waals surface area (Å²) in [6, 6.07) is 6.70. The van der Waals surface area contributed by atoms with Crippen molar-refractivity contribution in [1.82, 2.24) is 9.78 Å². The highest BCUT2D eigenvalue weighted by Crippen LogP contribution is 2.20. The summed E-state index contributed by atoms with van der Waals surface area (Å²) in [6.45, 7) is 10.1. The number of anilines is 1. The minimum atomic E-state index is -0.674. The van der Waals surface area contributed by atoms with Gasteiger partial charge >= 0.3 is 6.09 Å². The predicted molar refractivity (Wildman–Crippen MR) is 95.8 cm³/mol. The number of aromatic nitrogens is 2. The van der Waals surface area contributed by atoms with Crippen LogP contribution in [0.1, 0.15) is 37.7 Å². The lowest BCUT2D eigenvalue weighted by molar-refractivity contribution is 0.167. The van der Waals surface area contributed by atoms with Crippen molar-refractivity contribution in [2.45, 2.75) is 40.2 Å². The normalized spacial score (nSPS) is 11.8. The molecule has 0 aliphatic carbocycles. The molecular formula is C17H21ClN4O2. The first-order valence-electron chi connectivity index (χ1n) is 7.52. The van der Waals surface area contributed by atoms with E-state index in [0.29, 0.717) is 10.7 Å². The number of nitrogens with one attached hydrogen (secondary N) is 1. The van der Waals surface area contributed by atoms with Crippen LogP contribution in [-0.2, 0) is 10.4 Å². The molecule has 0 aliphatic rings. The molecule has 1 amide bonds. The van der Waals surface area contributed by atoms with Gasteiger partial charge in [0.1, 0.15) is 0 Å². The van der Waals surface area contributed by atoms with Crippen molar-refractivity contribution in [3.05, 3.63) is 46.2 Å². The quantitative estimate of drug-likeness (QED) is 0.504. The van der Waals surface area contributed by atoms with Gasteiger partial charge in [-0.05, 0) is 58.9 Å².